The van der Waals surface area contributed by atoms with E-state index in [9.17, 15) is 14.7 Å². The Morgan fingerprint density at radius 2 is 1.89 bits per heavy atom. The zero-order valence-electron chi connectivity index (χ0n) is 21.3. The lowest BCUT2D eigenvalue weighted by atomic mass is 9.89. The molecule has 0 bridgehead atoms. The van der Waals surface area contributed by atoms with E-state index in [1.54, 1.807) is 42.7 Å². The maximum absolute atomic E-state index is 13.5. The van der Waals surface area contributed by atoms with Crippen molar-refractivity contribution in [1.82, 2.24) is 9.55 Å². The van der Waals surface area contributed by atoms with Gasteiger partial charge in [-0.05, 0) is 73.0 Å². The molecule has 9 heteroatoms. The van der Waals surface area contributed by atoms with Crippen molar-refractivity contribution in [2.24, 2.45) is 7.05 Å². The SMILES string of the molecule is COC(=O)COc1cccc(/C=C2/C(=O)C(Sc3nccn3C)=CC2(O)CCCCOc2ccccc2)c1. The van der Waals surface area contributed by atoms with Gasteiger partial charge in [-0.1, -0.05) is 30.3 Å². The van der Waals surface area contributed by atoms with Crippen LogP contribution in [-0.2, 0) is 21.4 Å². The lowest BCUT2D eigenvalue weighted by molar-refractivity contribution is -0.142. The number of aryl methyl sites for hydroxylation is 1. The van der Waals surface area contributed by atoms with Crippen molar-refractivity contribution >= 4 is 29.6 Å². The predicted octanol–water partition coefficient (Wildman–Crippen LogP) is 4.59. The van der Waals surface area contributed by atoms with Crippen molar-refractivity contribution in [1.29, 1.82) is 0 Å². The van der Waals surface area contributed by atoms with Crippen molar-refractivity contribution in [2.45, 2.75) is 30.0 Å². The summed E-state index contributed by atoms with van der Waals surface area (Å²) in [7, 11) is 3.14. The third-order valence-corrected chi connectivity index (χ3v) is 7.10. The third-order valence-electron chi connectivity index (χ3n) is 6.00. The van der Waals surface area contributed by atoms with Gasteiger partial charge in [0.2, 0.25) is 0 Å². The minimum Gasteiger partial charge on any atom is -0.494 e. The van der Waals surface area contributed by atoms with Crippen LogP contribution in [0.2, 0.25) is 0 Å². The number of carbonyl (C=O) groups excluding carboxylic acids is 2. The summed E-state index contributed by atoms with van der Waals surface area (Å²) < 4.78 is 17.7. The number of Topliss-reactive ketones (excluding diaryl/α,β-unsaturated/α-hetero) is 1. The van der Waals surface area contributed by atoms with E-state index in [0.29, 0.717) is 47.2 Å². The second kappa shape index (κ2) is 12.6. The van der Waals surface area contributed by atoms with Crippen LogP contribution in [0.25, 0.3) is 6.08 Å². The van der Waals surface area contributed by atoms with E-state index in [1.165, 1.54) is 18.9 Å². The fraction of sp³-hybridized carbons (Fsp3) is 0.276. The predicted molar refractivity (Wildman–Crippen MR) is 145 cm³/mol. The highest BCUT2D eigenvalue weighted by atomic mass is 32.2. The minimum absolute atomic E-state index is 0.226. The number of aliphatic hydroxyl groups is 1. The number of allylic oxidation sites excluding steroid dienone is 1. The number of thioether (sulfide) groups is 1. The number of hydrogen-bond donors (Lipinski definition) is 1. The number of benzene rings is 2. The maximum Gasteiger partial charge on any atom is 0.343 e. The van der Waals surface area contributed by atoms with E-state index in [2.05, 4.69) is 9.72 Å². The van der Waals surface area contributed by atoms with E-state index >= 15 is 0 Å². The number of imidazole rings is 1. The highest BCUT2D eigenvalue weighted by Crippen LogP contribution is 2.42. The number of hydrogen-bond acceptors (Lipinski definition) is 8. The first-order valence-electron chi connectivity index (χ1n) is 12.2. The zero-order valence-corrected chi connectivity index (χ0v) is 22.1. The Kier molecular flexibility index (Phi) is 9.04. The first kappa shape index (κ1) is 27.2. The van der Waals surface area contributed by atoms with Crippen molar-refractivity contribution in [3.63, 3.8) is 0 Å². The van der Waals surface area contributed by atoms with Crippen LogP contribution in [0.4, 0.5) is 0 Å². The molecule has 198 valence electrons. The molecule has 1 N–H and O–H groups in total. The van der Waals surface area contributed by atoms with Crippen LogP contribution in [0, 0.1) is 0 Å². The van der Waals surface area contributed by atoms with E-state index in [4.69, 9.17) is 9.47 Å². The quantitative estimate of drug-likeness (QED) is 0.205. The number of esters is 1. The molecule has 4 rings (SSSR count). The van der Waals surface area contributed by atoms with Crippen molar-refractivity contribution in [3.8, 4) is 11.5 Å². The van der Waals surface area contributed by atoms with Gasteiger partial charge in [-0.25, -0.2) is 9.78 Å². The lowest BCUT2D eigenvalue weighted by Crippen LogP contribution is -2.28. The molecule has 1 aromatic heterocycles. The summed E-state index contributed by atoms with van der Waals surface area (Å²) in [6, 6.07) is 16.6. The molecule has 1 aliphatic rings. The largest absolute Gasteiger partial charge is 0.494 e. The summed E-state index contributed by atoms with van der Waals surface area (Å²) in [4.78, 5) is 29.7. The molecule has 0 fully saturated rings. The number of nitrogens with zero attached hydrogens (tertiary/aromatic N) is 2. The van der Waals surface area contributed by atoms with Crippen LogP contribution in [0.15, 0.2) is 88.7 Å². The molecule has 0 saturated carbocycles. The Morgan fingerprint density at radius 3 is 2.63 bits per heavy atom. The molecule has 0 aliphatic heterocycles. The van der Waals surface area contributed by atoms with Gasteiger partial charge < -0.3 is 23.9 Å². The summed E-state index contributed by atoms with van der Waals surface area (Å²) >= 11 is 1.23. The Hall–Kier alpha value is -3.82. The van der Waals surface area contributed by atoms with E-state index in [-0.39, 0.29) is 18.0 Å². The molecular formula is C29H30N2O6S. The van der Waals surface area contributed by atoms with Crippen molar-refractivity contribution in [2.75, 3.05) is 20.3 Å². The van der Waals surface area contributed by atoms with Crippen molar-refractivity contribution < 1.29 is 28.9 Å². The third kappa shape index (κ3) is 6.93. The molecule has 2 aromatic carbocycles. The van der Waals surface area contributed by atoms with Gasteiger partial charge in [0.1, 0.15) is 17.1 Å². The van der Waals surface area contributed by atoms with Gasteiger partial charge in [-0.15, -0.1) is 0 Å². The van der Waals surface area contributed by atoms with Gasteiger partial charge in [0.15, 0.2) is 17.5 Å². The number of ether oxygens (including phenoxy) is 3. The fourth-order valence-electron chi connectivity index (χ4n) is 3.98. The molecule has 38 heavy (non-hydrogen) atoms. The summed E-state index contributed by atoms with van der Waals surface area (Å²) in [5, 5.41) is 12.4. The average Bonchev–Trinajstić information content (AvgIpc) is 3.43. The summed E-state index contributed by atoms with van der Waals surface area (Å²) in [5.41, 5.74) is -0.498. The number of methoxy groups -OCH3 is 1. The molecule has 3 aromatic rings. The Balaban J connectivity index is 1.51. The van der Waals surface area contributed by atoms with Gasteiger partial charge in [0.05, 0.1) is 18.6 Å². The van der Waals surface area contributed by atoms with Gasteiger partial charge in [0, 0.05) is 25.0 Å². The highest BCUT2D eigenvalue weighted by Gasteiger charge is 2.42. The monoisotopic (exact) mass is 534 g/mol. The molecule has 1 heterocycles. The Labute approximate surface area is 225 Å². The molecule has 0 radical (unpaired) electrons. The minimum atomic E-state index is -1.44. The van der Waals surface area contributed by atoms with Gasteiger partial charge in [-0.3, -0.25) is 4.79 Å². The van der Waals surface area contributed by atoms with Crippen molar-refractivity contribution in [3.05, 3.63) is 89.1 Å². The number of aromatic nitrogens is 2. The first-order chi connectivity index (χ1) is 18.4. The molecule has 8 nitrogen and oxygen atoms in total. The van der Waals surface area contributed by atoms with Crippen LogP contribution in [0.3, 0.4) is 0 Å². The number of ketones is 1. The number of carbonyl (C=O) groups is 2. The van der Waals surface area contributed by atoms with Gasteiger partial charge in [-0.2, -0.15) is 0 Å². The molecule has 1 aliphatic carbocycles. The summed E-state index contributed by atoms with van der Waals surface area (Å²) in [5.74, 6) is 0.505. The molecule has 1 atom stereocenters. The summed E-state index contributed by atoms with van der Waals surface area (Å²) in [6.45, 7) is 0.279. The molecule has 0 saturated heterocycles. The number of para-hydroxylation sites is 1. The number of unbranched alkanes of at least 4 members (excludes halogenated alkanes) is 1. The van der Waals surface area contributed by atoms with Crippen LogP contribution in [0.5, 0.6) is 11.5 Å². The molecule has 0 amide bonds. The van der Waals surface area contributed by atoms with Crippen LogP contribution in [0.1, 0.15) is 24.8 Å². The Morgan fingerprint density at radius 1 is 1.11 bits per heavy atom. The summed E-state index contributed by atoms with van der Waals surface area (Å²) in [6.07, 6.45) is 8.49. The zero-order chi connectivity index (χ0) is 27.0. The lowest BCUT2D eigenvalue weighted by Gasteiger charge is -2.22. The van der Waals surface area contributed by atoms with E-state index in [0.717, 1.165) is 5.75 Å². The van der Waals surface area contributed by atoms with Crippen LogP contribution in [-0.4, -0.2) is 52.3 Å². The Bertz CT molecular complexity index is 1330. The second-order valence-electron chi connectivity index (χ2n) is 8.80. The first-order valence-corrected chi connectivity index (χ1v) is 13.0. The standard InChI is InChI=1S/C29H30N2O6S/c1-31-15-14-30-28(31)38-25-19-29(34,13-6-7-16-36-22-10-4-3-5-11-22)24(27(25)33)18-21-9-8-12-23(17-21)37-20-26(32)35-2/h3-5,8-12,14-15,17-19,34H,6-7,13,16,20H2,1-2H3/b24-18-. The maximum atomic E-state index is 13.5. The average molecular weight is 535 g/mol. The van der Waals surface area contributed by atoms with Gasteiger partial charge >= 0.3 is 5.97 Å². The number of rotatable bonds is 12. The van der Waals surface area contributed by atoms with Crippen LogP contribution < -0.4 is 9.47 Å². The van der Waals surface area contributed by atoms with Crippen LogP contribution >= 0.6 is 11.8 Å². The topological polar surface area (TPSA) is 99.9 Å². The van der Waals surface area contributed by atoms with E-state index < -0.39 is 11.6 Å². The molecule has 1 unspecified atom stereocenters. The van der Waals surface area contributed by atoms with E-state index in [1.807, 2.05) is 48.0 Å². The highest BCUT2D eigenvalue weighted by molar-refractivity contribution is 8.03. The fourth-order valence-corrected chi connectivity index (χ4v) is 4.95. The molecule has 0 spiro atoms. The molecular weight excluding hydrogens is 504 g/mol. The smallest absolute Gasteiger partial charge is 0.343 e. The second-order valence-corrected chi connectivity index (χ2v) is 9.81. The normalized spacial score (nSPS) is 17.9. The van der Waals surface area contributed by atoms with Gasteiger partial charge in [0.25, 0.3) is 0 Å².